The molecule has 5 rings (SSSR count). The minimum Gasteiger partial charge on any atom is -0.482 e. The Morgan fingerprint density at radius 3 is 2.71 bits per heavy atom. The van der Waals surface area contributed by atoms with Crippen molar-refractivity contribution in [3.8, 4) is 17.0 Å². The molecule has 0 spiro atoms. The van der Waals surface area contributed by atoms with Crippen LogP contribution in [0, 0.1) is 0 Å². The molecule has 1 amide bonds. The van der Waals surface area contributed by atoms with Gasteiger partial charge in [-0.25, -0.2) is 9.98 Å². The summed E-state index contributed by atoms with van der Waals surface area (Å²) in [4.78, 5) is 22.2. The monoisotopic (exact) mass is 487 g/mol. The molecule has 7 nitrogen and oxygen atoms in total. The fraction of sp³-hybridized carbons (Fsp3) is 0.296. The Labute approximate surface area is 208 Å². The molecule has 8 heteroatoms. The molecule has 1 aliphatic rings. The maximum absolute atomic E-state index is 11.9. The molecule has 0 saturated carbocycles. The molecule has 2 aromatic carbocycles. The van der Waals surface area contributed by atoms with Crippen LogP contribution in [-0.2, 0) is 30.7 Å². The first kappa shape index (κ1) is 23.1. The van der Waals surface area contributed by atoms with Gasteiger partial charge in [0.05, 0.1) is 23.4 Å². The van der Waals surface area contributed by atoms with E-state index in [1.165, 1.54) is 11.1 Å². The molecular formula is C27H29N5O2S. The Morgan fingerprint density at radius 2 is 1.97 bits per heavy atom. The summed E-state index contributed by atoms with van der Waals surface area (Å²) in [7, 11) is 0. The molecular weight excluding hydrogens is 458 g/mol. The number of fused-ring (bicyclic) bond motifs is 1. The van der Waals surface area contributed by atoms with Crippen LogP contribution < -0.4 is 14.9 Å². The maximum atomic E-state index is 11.9. The fourth-order valence-corrected chi connectivity index (χ4v) is 5.33. The lowest BCUT2D eigenvalue weighted by atomic mass is 10.0. The highest BCUT2D eigenvalue weighted by atomic mass is 32.1. The SMILES string of the molecule is CCc1cccc(CC)c1N=c1scc(-c2ccc3c(c2)NC(=O)CO3)n1CCCn1ccnc1. The van der Waals surface area contributed by atoms with Crippen molar-refractivity contribution in [2.75, 3.05) is 11.9 Å². The van der Waals surface area contributed by atoms with Crippen molar-refractivity contribution >= 4 is 28.6 Å². The summed E-state index contributed by atoms with van der Waals surface area (Å²) < 4.78 is 9.94. The second kappa shape index (κ2) is 10.3. The molecule has 0 atom stereocenters. The van der Waals surface area contributed by atoms with Crippen molar-refractivity contribution in [1.82, 2.24) is 14.1 Å². The van der Waals surface area contributed by atoms with E-state index in [4.69, 9.17) is 9.73 Å². The van der Waals surface area contributed by atoms with Crippen LogP contribution in [0.3, 0.4) is 0 Å². The fourth-order valence-electron chi connectivity index (χ4n) is 4.39. The zero-order valence-corrected chi connectivity index (χ0v) is 20.8. The van der Waals surface area contributed by atoms with Gasteiger partial charge in [-0.1, -0.05) is 32.0 Å². The first-order valence-corrected chi connectivity index (χ1v) is 12.9. The van der Waals surface area contributed by atoms with Crippen molar-refractivity contribution in [2.45, 2.75) is 46.2 Å². The van der Waals surface area contributed by atoms with Crippen LogP contribution in [0.25, 0.3) is 11.3 Å². The highest BCUT2D eigenvalue weighted by molar-refractivity contribution is 7.07. The third kappa shape index (κ3) is 4.93. The Hall–Kier alpha value is -3.65. The van der Waals surface area contributed by atoms with E-state index < -0.39 is 0 Å². The Kier molecular flexibility index (Phi) is 6.81. The molecule has 2 aromatic heterocycles. The Morgan fingerprint density at radius 1 is 1.14 bits per heavy atom. The van der Waals surface area contributed by atoms with E-state index in [0.29, 0.717) is 11.4 Å². The number of carbonyl (C=O) groups excluding carboxylic acids is 1. The average molecular weight is 488 g/mol. The lowest BCUT2D eigenvalue weighted by molar-refractivity contribution is -0.118. The van der Waals surface area contributed by atoms with Crippen LogP contribution in [0.2, 0.25) is 0 Å². The Balaban J connectivity index is 1.58. The number of nitrogens with zero attached hydrogens (tertiary/aromatic N) is 4. The van der Waals surface area contributed by atoms with Crippen molar-refractivity contribution < 1.29 is 9.53 Å². The van der Waals surface area contributed by atoms with Gasteiger partial charge in [-0.2, -0.15) is 0 Å². The van der Waals surface area contributed by atoms with Gasteiger partial charge in [0.1, 0.15) is 5.75 Å². The van der Waals surface area contributed by atoms with Crippen LogP contribution in [0.5, 0.6) is 5.75 Å². The van der Waals surface area contributed by atoms with Crippen LogP contribution in [-0.4, -0.2) is 26.6 Å². The van der Waals surface area contributed by atoms with Gasteiger partial charge >= 0.3 is 0 Å². The molecule has 1 N–H and O–H groups in total. The number of carbonyl (C=O) groups is 1. The summed E-state index contributed by atoms with van der Waals surface area (Å²) >= 11 is 1.65. The first-order valence-electron chi connectivity index (χ1n) is 12.0. The number of para-hydroxylation sites is 1. The minimum atomic E-state index is -0.132. The molecule has 0 bridgehead atoms. The summed E-state index contributed by atoms with van der Waals surface area (Å²) in [5.41, 5.74) is 6.41. The van der Waals surface area contributed by atoms with Gasteiger partial charge in [0, 0.05) is 36.4 Å². The van der Waals surface area contributed by atoms with E-state index in [-0.39, 0.29) is 12.5 Å². The third-order valence-corrected chi connectivity index (χ3v) is 7.10. The number of thiazole rings is 1. The number of nitrogens with one attached hydrogen (secondary N) is 1. The van der Waals surface area contributed by atoms with Crippen molar-refractivity contribution in [2.24, 2.45) is 4.99 Å². The van der Waals surface area contributed by atoms with Gasteiger partial charge in [0.15, 0.2) is 11.4 Å². The Bertz CT molecular complexity index is 1380. The number of imidazole rings is 1. The topological polar surface area (TPSA) is 73.4 Å². The predicted octanol–water partition coefficient (Wildman–Crippen LogP) is 5.19. The second-order valence-corrected chi connectivity index (χ2v) is 9.34. The zero-order valence-electron chi connectivity index (χ0n) is 20.0. The van der Waals surface area contributed by atoms with E-state index in [0.717, 1.165) is 54.1 Å². The van der Waals surface area contributed by atoms with E-state index >= 15 is 0 Å². The van der Waals surface area contributed by atoms with Crippen molar-refractivity contribution in [3.05, 3.63) is 76.4 Å². The number of hydrogen-bond donors (Lipinski definition) is 1. The van der Waals surface area contributed by atoms with Gasteiger partial charge in [-0.05, 0) is 48.6 Å². The van der Waals surface area contributed by atoms with Crippen LogP contribution in [0.1, 0.15) is 31.4 Å². The number of hydrogen-bond acceptors (Lipinski definition) is 5. The highest BCUT2D eigenvalue weighted by Gasteiger charge is 2.18. The number of benzene rings is 2. The van der Waals surface area contributed by atoms with Crippen molar-refractivity contribution in [3.63, 3.8) is 0 Å². The predicted molar refractivity (Wildman–Crippen MR) is 139 cm³/mol. The molecule has 0 saturated heterocycles. The molecule has 0 radical (unpaired) electrons. The normalized spacial score (nSPS) is 13.4. The lowest BCUT2D eigenvalue weighted by Gasteiger charge is -2.19. The molecule has 35 heavy (non-hydrogen) atoms. The second-order valence-electron chi connectivity index (χ2n) is 8.50. The van der Waals surface area contributed by atoms with E-state index in [2.05, 4.69) is 56.9 Å². The molecule has 0 unspecified atom stereocenters. The standard InChI is InChI=1S/C27H29N5O2S/c1-3-19-7-5-8-20(4-2)26(19)30-27-32(13-6-12-31-14-11-28-18-31)23(17-35-27)21-9-10-24-22(15-21)29-25(33)16-34-24/h5,7-11,14-15,17-18H,3-4,6,12-13,16H2,1-2H3,(H,29,33). The van der Waals surface area contributed by atoms with Crippen molar-refractivity contribution in [1.29, 1.82) is 0 Å². The summed E-state index contributed by atoms with van der Waals surface area (Å²) in [6, 6.07) is 12.4. The summed E-state index contributed by atoms with van der Waals surface area (Å²) in [6.45, 7) is 6.10. The molecule has 0 fully saturated rings. The van der Waals surface area contributed by atoms with Crippen LogP contribution >= 0.6 is 11.3 Å². The largest absolute Gasteiger partial charge is 0.482 e. The number of anilines is 1. The molecule has 180 valence electrons. The molecule has 0 aliphatic carbocycles. The number of amides is 1. The van der Waals surface area contributed by atoms with Gasteiger partial charge in [-0.15, -0.1) is 11.3 Å². The molecule has 3 heterocycles. The molecule has 1 aliphatic heterocycles. The van der Waals surface area contributed by atoms with E-state index in [9.17, 15) is 4.79 Å². The summed E-state index contributed by atoms with van der Waals surface area (Å²) in [5, 5.41) is 5.08. The number of aromatic nitrogens is 3. The quantitative estimate of drug-likeness (QED) is 0.372. The number of ether oxygens (including phenoxy) is 1. The lowest BCUT2D eigenvalue weighted by Crippen LogP contribution is -2.25. The summed E-state index contributed by atoms with van der Waals surface area (Å²) in [5.74, 6) is 0.566. The highest BCUT2D eigenvalue weighted by Crippen LogP contribution is 2.33. The minimum absolute atomic E-state index is 0.0542. The number of rotatable bonds is 8. The van der Waals surface area contributed by atoms with Gasteiger partial charge < -0.3 is 19.2 Å². The van der Waals surface area contributed by atoms with E-state index in [1.807, 2.05) is 30.7 Å². The average Bonchev–Trinajstić information content (AvgIpc) is 3.54. The van der Waals surface area contributed by atoms with Crippen LogP contribution in [0.4, 0.5) is 11.4 Å². The first-order chi connectivity index (χ1) is 17.2. The van der Waals surface area contributed by atoms with E-state index in [1.54, 1.807) is 17.5 Å². The van der Waals surface area contributed by atoms with Gasteiger partial charge in [0.2, 0.25) is 0 Å². The van der Waals surface area contributed by atoms with Crippen LogP contribution in [0.15, 0.2) is 65.5 Å². The third-order valence-electron chi connectivity index (χ3n) is 6.24. The van der Waals surface area contributed by atoms with Gasteiger partial charge in [0.25, 0.3) is 5.91 Å². The smallest absolute Gasteiger partial charge is 0.262 e. The molecule has 4 aromatic rings. The maximum Gasteiger partial charge on any atom is 0.262 e. The van der Waals surface area contributed by atoms with Gasteiger partial charge in [-0.3, -0.25) is 4.79 Å². The number of aryl methyl sites for hydroxylation is 3. The summed E-state index contributed by atoms with van der Waals surface area (Å²) in [6.07, 6.45) is 8.46. The zero-order chi connectivity index (χ0) is 24.2.